The SMILES string of the molecule is COC(=O)[C@]1(c2cccc(F)c2C)C=C(C)CC1.COC(=O)[C@]1(c2cccc(F)c2C)C=C(c2ccnn2C)CC1.Cc1c(F)cccc1[C@@]1(C(=O)NO)C=C(c2ccnn2C)CC1.Cc1c(F)cccc1[C@@]1(C(=O)O)C=C(c2ccnn2C)CC1. The van der Waals surface area contributed by atoms with E-state index in [4.69, 9.17) is 9.47 Å². The number of amides is 1. The molecule has 15 nitrogen and oxygen atoms in total. The first-order valence-corrected chi connectivity index (χ1v) is 28.1. The first-order valence-electron chi connectivity index (χ1n) is 28.1. The average Bonchev–Trinajstić information content (AvgIpc) is 1.91. The second-order valence-electron chi connectivity index (χ2n) is 22.3. The van der Waals surface area contributed by atoms with Crippen molar-refractivity contribution in [2.45, 2.75) is 108 Å². The Kier molecular flexibility index (Phi) is 18.9. The number of aryl methyl sites for hydroxylation is 3. The predicted octanol–water partition coefficient (Wildman–Crippen LogP) is 12.0. The van der Waals surface area contributed by atoms with Gasteiger partial charge in [-0.25, -0.2) is 23.0 Å². The highest BCUT2D eigenvalue weighted by molar-refractivity contribution is 5.95. The minimum absolute atomic E-state index is 0.284. The number of aliphatic carboxylic acids is 1. The summed E-state index contributed by atoms with van der Waals surface area (Å²) in [5.41, 5.74) is 8.86. The van der Waals surface area contributed by atoms with E-state index in [0.29, 0.717) is 89.5 Å². The van der Waals surface area contributed by atoms with Crippen molar-refractivity contribution in [3.63, 3.8) is 0 Å². The van der Waals surface area contributed by atoms with E-state index in [2.05, 4.69) is 15.3 Å². The van der Waals surface area contributed by atoms with Gasteiger partial charge >= 0.3 is 17.9 Å². The van der Waals surface area contributed by atoms with Crippen LogP contribution < -0.4 is 5.48 Å². The number of carbonyl (C=O) groups excluding carboxylic acids is 3. The highest BCUT2D eigenvalue weighted by Crippen LogP contribution is 2.48. The summed E-state index contributed by atoms with van der Waals surface area (Å²) in [6.45, 7) is 8.67. The van der Waals surface area contributed by atoms with Crippen molar-refractivity contribution in [3.8, 4) is 0 Å². The highest BCUT2D eigenvalue weighted by Gasteiger charge is 2.48. The third-order valence-corrected chi connectivity index (χ3v) is 17.5. The number of allylic oxidation sites excluding steroid dienone is 4. The summed E-state index contributed by atoms with van der Waals surface area (Å²) in [4.78, 5) is 49.2. The van der Waals surface area contributed by atoms with Crippen molar-refractivity contribution in [3.05, 3.63) is 224 Å². The molecule has 0 saturated heterocycles. The Hall–Kier alpha value is -8.97. The molecule has 0 aliphatic heterocycles. The van der Waals surface area contributed by atoms with Gasteiger partial charge in [0.15, 0.2) is 0 Å². The van der Waals surface area contributed by atoms with Crippen molar-refractivity contribution >= 4 is 40.5 Å². The fraction of sp³-hybridized carbons (Fsp3) is 0.328. The van der Waals surface area contributed by atoms with E-state index in [-0.39, 0.29) is 35.2 Å². The van der Waals surface area contributed by atoms with Gasteiger partial charge in [-0.05, 0) is 190 Å². The maximum atomic E-state index is 14.0. The van der Waals surface area contributed by atoms with Gasteiger partial charge in [-0.3, -0.25) is 38.4 Å². The Morgan fingerprint density at radius 3 is 1.08 bits per heavy atom. The fourth-order valence-electron chi connectivity index (χ4n) is 12.8. The number of nitrogens with zero attached hydrogens (tertiary/aromatic N) is 6. The zero-order valence-electron chi connectivity index (χ0n) is 49.9. The minimum Gasteiger partial charge on any atom is -0.480 e. The number of carboxylic acid groups (broad SMARTS) is 1. The van der Waals surface area contributed by atoms with Crippen LogP contribution in [-0.4, -0.2) is 77.7 Å². The molecule has 0 bridgehead atoms. The van der Waals surface area contributed by atoms with Crippen LogP contribution in [0.4, 0.5) is 17.6 Å². The van der Waals surface area contributed by atoms with Crippen molar-refractivity contribution < 1.29 is 56.5 Å². The van der Waals surface area contributed by atoms with Crippen LogP contribution in [0.5, 0.6) is 0 Å². The van der Waals surface area contributed by atoms with Crippen molar-refractivity contribution in [2.24, 2.45) is 21.1 Å². The summed E-state index contributed by atoms with van der Waals surface area (Å²) < 4.78 is 70.8. The number of hydrogen-bond acceptors (Lipinski definition) is 10. The largest absolute Gasteiger partial charge is 0.480 e. The van der Waals surface area contributed by atoms with Gasteiger partial charge in [0.1, 0.15) is 39.5 Å². The molecule has 4 atom stereocenters. The molecule has 450 valence electrons. The van der Waals surface area contributed by atoms with Crippen LogP contribution in [0.3, 0.4) is 0 Å². The predicted molar refractivity (Wildman–Crippen MR) is 317 cm³/mol. The lowest BCUT2D eigenvalue weighted by atomic mass is 9.77. The molecule has 3 N–H and O–H groups in total. The zero-order chi connectivity index (χ0) is 62.5. The molecule has 1 amide bonds. The average molecular weight is 1180 g/mol. The number of hydrogen-bond donors (Lipinski definition) is 3. The minimum atomic E-state index is -1.17. The number of rotatable bonds is 11. The Bertz CT molecular complexity index is 3740. The van der Waals surface area contributed by atoms with Gasteiger partial charge in [-0.2, -0.15) is 15.3 Å². The van der Waals surface area contributed by atoms with Crippen LogP contribution in [0.15, 0.2) is 139 Å². The summed E-state index contributed by atoms with van der Waals surface area (Å²) in [7, 11) is 8.26. The third-order valence-electron chi connectivity index (χ3n) is 17.5. The van der Waals surface area contributed by atoms with Crippen LogP contribution in [0.25, 0.3) is 16.7 Å². The number of methoxy groups -OCH3 is 2. The first-order chi connectivity index (χ1) is 40.9. The number of carboxylic acids is 1. The van der Waals surface area contributed by atoms with Gasteiger partial charge in [0.05, 0.1) is 36.7 Å². The molecule has 0 unspecified atom stereocenters. The van der Waals surface area contributed by atoms with Crippen LogP contribution >= 0.6 is 0 Å². The maximum absolute atomic E-state index is 14.0. The summed E-state index contributed by atoms with van der Waals surface area (Å²) in [5, 5.41) is 31.5. The highest BCUT2D eigenvalue weighted by atomic mass is 19.1. The molecule has 3 heterocycles. The van der Waals surface area contributed by atoms with Crippen molar-refractivity contribution in [1.82, 2.24) is 34.8 Å². The molecule has 7 aromatic rings. The topological polar surface area (TPSA) is 193 Å². The van der Waals surface area contributed by atoms with Crippen LogP contribution in [0.1, 0.15) is 120 Å². The molecule has 0 spiro atoms. The second kappa shape index (κ2) is 25.7. The molecular formula is C67H71F4N7O8. The lowest BCUT2D eigenvalue weighted by Crippen LogP contribution is -2.41. The molecule has 0 saturated carbocycles. The summed E-state index contributed by atoms with van der Waals surface area (Å²) in [6, 6.07) is 24.7. The number of ether oxygens (including phenoxy) is 2. The number of carbonyl (C=O) groups is 4. The molecule has 4 aliphatic rings. The summed E-state index contributed by atoms with van der Waals surface area (Å²) >= 11 is 0. The molecule has 4 aromatic carbocycles. The van der Waals surface area contributed by atoms with Gasteiger partial charge in [0.2, 0.25) is 0 Å². The molecule has 19 heteroatoms. The van der Waals surface area contributed by atoms with E-state index in [1.807, 2.05) is 70.6 Å². The number of esters is 2. The number of nitrogens with one attached hydrogen (secondary N) is 1. The maximum Gasteiger partial charge on any atom is 0.320 e. The van der Waals surface area contributed by atoms with Crippen molar-refractivity contribution in [2.75, 3.05) is 14.2 Å². The Morgan fingerprint density at radius 1 is 0.465 bits per heavy atom. The molecule has 0 fully saturated rings. The second-order valence-corrected chi connectivity index (χ2v) is 22.3. The molecule has 86 heavy (non-hydrogen) atoms. The van der Waals surface area contributed by atoms with E-state index >= 15 is 0 Å². The first kappa shape index (κ1) is 63.1. The molecule has 3 aromatic heterocycles. The summed E-state index contributed by atoms with van der Waals surface area (Å²) in [6.07, 6.45) is 17.4. The monoisotopic (exact) mass is 1180 g/mol. The third kappa shape index (κ3) is 11.8. The van der Waals surface area contributed by atoms with E-state index in [9.17, 15) is 47.1 Å². The standard InChI is InChI=1S/C18H19FN2O2.C17H18FN3O2.C17H17FN2O2.C15H17FO2/c1-12-14(5-4-6-15(12)19)18(17(22)23-3)9-7-13(11-18)16-8-10-20-21(16)2;1-11-13(4-3-5-14(11)18)17(16(22)20-23)8-6-12(10-17)15-7-9-19-21(15)2;1-11-13(4-3-5-14(11)18)17(16(21)22)8-6-12(10-17)15-7-9-19-20(15)2;1-10-7-8-15(9-10,14(17)18-3)12-5-4-6-13(16)11(12)2/h4-6,8,10-11H,7,9H2,1-3H3;3-5,7,9-10,23H,6,8H2,1-2H3,(H,20,22);3-5,7,9-10H,6,8H2,1-2H3,(H,21,22);4-6,9H,7-8H2,1-3H3/t18-;2*17-;15-/m0000/s1. The smallest absolute Gasteiger partial charge is 0.320 e. The van der Waals surface area contributed by atoms with E-state index in [1.165, 1.54) is 38.5 Å². The number of aromatic nitrogens is 6. The van der Waals surface area contributed by atoms with Gasteiger partial charge < -0.3 is 14.6 Å². The lowest BCUT2D eigenvalue weighted by molar-refractivity contribution is -0.146. The number of halogens is 4. The van der Waals surface area contributed by atoms with E-state index < -0.39 is 33.5 Å². The van der Waals surface area contributed by atoms with Crippen molar-refractivity contribution in [1.29, 1.82) is 0 Å². The number of benzene rings is 4. The Labute approximate surface area is 497 Å². The van der Waals surface area contributed by atoms with Crippen LogP contribution in [0.2, 0.25) is 0 Å². The van der Waals surface area contributed by atoms with Crippen LogP contribution in [-0.2, 0) is 71.5 Å². The molecular weight excluding hydrogens is 1110 g/mol. The fourth-order valence-corrected chi connectivity index (χ4v) is 12.8. The summed E-state index contributed by atoms with van der Waals surface area (Å²) in [5.74, 6) is -3.50. The zero-order valence-corrected chi connectivity index (χ0v) is 49.9. The molecule has 4 aliphatic carbocycles. The van der Waals surface area contributed by atoms with Gasteiger partial charge in [-0.15, -0.1) is 0 Å². The number of hydroxylamine groups is 1. The molecule has 0 radical (unpaired) electrons. The molecule has 11 rings (SSSR count). The van der Waals surface area contributed by atoms with Crippen LogP contribution in [0, 0.1) is 51.0 Å². The van der Waals surface area contributed by atoms with Gasteiger partial charge in [0.25, 0.3) is 5.91 Å². The van der Waals surface area contributed by atoms with Gasteiger partial charge in [-0.1, -0.05) is 78.4 Å². The quantitative estimate of drug-likeness (QED) is 0.0367. The Balaban J connectivity index is 0.000000150. The van der Waals surface area contributed by atoms with E-state index in [1.54, 1.807) is 114 Å². The normalized spacial score (nSPS) is 21.1. The Morgan fingerprint density at radius 2 is 0.767 bits per heavy atom. The van der Waals surface area contributed by atoms with Gasteiger partial charge in [0, 0.05) is 39.7 Å². The van der Waals surface area contributed by atoms with E-state index in [0.717, 1.165) is 45.8 Å². The lowest BCUT2D eigenvalue weighted by Gasteiger charge is -2.27.